The number of para-hydroxylation sites is 2. The van der Waals surface area contributed by atoms with Crippen molar-refractivity contribution in [2.75, 3.05) is 0 Å². The lowest BCUT2D eigenvalue weighted by molar-refractivity contribution is 0.0481. The maximum Gasteiger partial charge on any atom is 0.139 e. The van der Waals surface area contributed by atoms with Gasteiger partial charge in [0, 0.05) is 18.3 Å². The number of hydrogen-bond acceptors (Lipinski definition) is 3. The molecule has 0 radical (unpaired) electrons. The van der Waals surface area contributed by atoms with E-state index in [0.29, 0.717) is 12.2 Å². The van der Waals surface area contributed by atoms with Gasteiger partial charge in [-0.1, -0.05) is 12.1 Å². The molecule has 4 nitrogen and oxygen atoms in total. The number of fused-ring (bicyclic) bond motifs is 1. The lowest BCUT2D eigenvalue weighted by Crippen LogP contribution is -2.27. The molecular weight excluding hydrogens is 262 g/mol. The van der Waals surface area contributed by atoms with Gasteiger partial charge in [-0.05, 0) is 50.1 Å². The molecule has 2 aromatic heterocycles. The quantitative estimate of drug-likeness (QED) is 0.775. The highest BCUT2D eigenvalue weighted by atomic mass is 16.3. The topological polar surface area (TPSA) is 61.8 Å². The summed E-state index contributed by atoms with van der Waals surface area (Å²) in [5.74, 6) is 0.575. The van der Waals surface area contributed by atoms with Crippen LogP contribution in [0.1, 0.15) is 29.6 Å². The van der Waals surface area contributed by atoms with Crippen LogP contribution in [0.25, 0.3) is 11.0 Å². The van der Waals surface area contributed by atoms with Gasteiger partial charge < -0.3 is 10.1 Å². The van der Waals surface area contributed by atoms with E-state index in [2.05, 4.69) is 21.9 Å². The van der Waals surface area contributed by atoms with E-state index in [1.807, 2.05) is 37.3 Å². The van der Waals surface area contributed by atoms with Crippen molar-refractivity contribution in [2.45, 2.75) is 32.8 Å². The fraction of sp³-hybridized carbons (Fsp3) is 0.294. The van der Waals surface area contributed by atoms with Gasteiger partial charge in [0.1, 0.15) is 11.4 Å². The van der Waals surface area contributed by atoms with Crippen molar-refractivity contribution in [2.24, 2.45) is 0 Å². The van der Waals surface area contributed by atoms with Gasteiger partial charge in [-0.25, -0.2) is 4.98 Å². The Kier molecular flexibility index (Phi) is 3.26. The van der Waals surface area contributed by atoms with Gasteiger partial charge in [-0.3, -0.25) is 4.98 Å². The molecule has 3 aromatic rings. The first-order valence-electron chi connectivity index (χ1n) is 7.06. The fourth-order valence-corrected chi connectivity index (χ4v) is 2.48. The summed E-state index contributed by atoms with van der Waals surface area (Å²) in [6, 6.07) is 9.76. The first-order chi connectivity index (χ1) is 9.97. The maximum absolute atomic E-state index is 10.8. The second kappa shape index (κ2) is 4.97. The minimum Gasteiger partial charge on any atom is -0.382 e. The zero-order valence-corrected chi connectivity index (χ0v) is 12.5. The molecule has 1 atom stereocenters. The van der Waals surface area contributed by atoms with Gasteiger partial charge in [-0.2, -0.15) is 0 Å². The van der Waals surface area contributed by atoms with E-state index in [0.717, 1.165) is 22.3 Å². The molecule has 0 fully saturated rings. The smallest absolute Gasteiger partial charge is 0.139 e. The van der Waals surface area contributed by atoms with Gasteiger partial charge >= 0.3 is 0 Å². The molecule has 0 spiro atoms. The molecule has 0 amide bonds. The SMILES string of the molecule is Cc1ccnc(CC(C)(O)c2nc3ccccc3[nH]2)c1C. The van der Waals surface area contributed by atoms with E-state index in [4.69, 9.17) is 0 Å². The number of pyridine rings is 1. The Morgan fingerprint density at radius 1 is 1.19 bits per heavy atom. The molecule has 1 unspecified atom stereocenters. The average molecular weight is 281 g/mol. The van der Waals surface area contributed by atoms with E-state index < -0.39 is 5.60 Å². The first kappa shape index (κ1) is 13.8. The zero-order valence-electron chi connectivity index (χ0n) is 12.5. The Bertz CT molecular complexity index is 757. The van der Waals surface area contributed by atoms with Crippen LogP contribution in [0.3, 0.4) is 0 Å². The van der Waals surface area contributed by atoms with Crippen molar-refractivity contribution < 1.29 is 5.11 Å². The van der Waals surface area contributed by atoms with Gasteiger partial charge in [-0.15, -0.1) is 0 Å². The molecule has 0 bridgehead atoms. The molecule has 0 aliphatic rings. The predicted octanol–water partition coefficient (Wildman–Crippen LogP) is 3.02. The number of hydrogen-bond donors (Lipinski definition) is 2. The lowest BCUT2D eigenvalue weighted by Gasteiger charge is -2.21. The maximum atomic E-state index is 10.8. The van der Waals surface area contributed by atoms with Gasteiger partial charge in [0.2, 0.25) is 0 Å². The van der Waals surface area contributed by atoms with Crippen molar-refractivity contribution in [3.05, 3.63) is 59.2 Å². The zero-order chi connectivity index (χ0) is 15.0. The summed E-state index contributed by atoms with van der Waals surface area (Å²) >= 11 is 0. The average Bonchev–Trinajstić information content (AvgIpc) is 2.88. The number of nitrogens with zero attached hydrogens (tertiary/aromatic N) is 2. The minimum atomic E-state index is -1.08. The Balaban J connectivity index is 1.97. The van der Waals surface area contributed by atoms with E-state index in [1.54, 1.807) is 13.1 Å². The van der Waals surface area contributed by atoms with Crippen LogP contribution in [-0.4, -0.2) is 20.1 Å². The fourth-order valence-electron chi connectivity index (χ4n) is 2.48. The number of aromatic nitrogens is 3. The van der Waals surface area contributed by atoms with E-state index in [9.17, 15) is 5.11 Å². The second-order valence-electron chi connectivity index (χ2n) is 5.75. The predicted molar refractivity (Wildman–Crippen MR) is 83.1 cm³/mol. The highest BCUT2D eigenvalue weighted by Gasteiger charge is 2.28. The highest BCUT2D eigenvalue weighted by Crippen LogP contribution is 2.26. The molecule has 1 aromatic carbocycles. The van der Waals surface area contributed by atoms with Crippen molar-refractivity contribution in [1.29, 1.82) is 0 Å². The summed E-state index contributed by atoms with van der Waals surface area (Å²) in [7, 11) is 0. The number of imidazole rings is 1. The number of H-pyrrole nitrogens is 1. The molecule has 21 heavy (non-hydrogen) atoms. The Morgan fingerprint density at radius 3 is 2.71 bits per heavy atom. The van der Waals surface area contributed by atoms with Gasteiger partial charge in [0.25, 0.3) is 0 Å². The van der Waals surface area contributed by atoms with Crippen LogP contribution in [0.5, 0.6) is 0 Å². The van der Waals surface area contributed by atoms with E-state index in [1.165, 1.54) is 5.56 Å². The Hall–Kier alpha value is -2.20. The summed E-state index contributed by atoms with van der Waals surface area (Å²) in [5.41, 5.74) is 3.92. The summed E-state index contributed by atoms with van der Waals surface area (Å²) in [5, 5.41) is 10.8. The molecule has 108 valence electrons. The van der Waals surface area contributed by atoms with Crippen LogP contribution >= 0.6 is 0 Å². The van der Waals surface area contributed by atoms with Crippen LogP contribution < -0.4 is 0 Å². The van der Waals surface area contributed by atoms with Crippen LogP contribution in [-0.2, 0) is 12.0 Å². The van der Waals surface area contributed by atoms with Crippen LogP contribution in [0.4, 0.5) is 0 Å². The van der Waals surface area contributed by atoms with Crippen LogP contribution in [0.15, 0.2) is 36.5 Å². The summed E-state index contributed by atoms with van der Waals surface area (Å²) in [6.45, 7) is 5.86. The third kappa shape index (κ3) is 2.54. The van der Waals surface area contributed by atoms with E-state index in [-0.39, 0.29) is 0 Å². The van der Waals surface area contributed by atoms with Gasteiger partial charge in [0.15, 0.2) is 0 Å². The lowest BCUT2D eigenvalue weighted by atomic mass is 9.95. The second-order valence-corrected chi connectivity index (χ2v) is 5.75. The third-order valence-electron chi connectivity index (χ3n) is 3.99. The van der Waals surface area contributed by atoms with Crippen molar-refractivity contribution >= 4 is 11.0 Å². The number of benzene rings is 1. The Labute approximate surface area is 123 Å². The molecule has 2 heterocycles. The minimum absolute atomic E-state index is 0.431. The largest absolute Gasteiger partial charge is 0.382 e. The number of aromatic amines is 1. The number of aliphatic hydroxyl groups is 1. The highest BCUT2D eigenvalue weighted by molar-refractivity contribution is 5.74. The summed E-state index contributed by atoms with van der Waals surface area (Å²) in [4.78, 5) is 12.1. The van der Waals surface area contributed by atoms with Gasteiger partial charge in [0.05, 0.1) is 11.0 Å². The summed E-state index contributed by atoms with van der Waals surface area (Å²) in [6.07, 6.45) is 2.21. The van der Waals surface area contributed by atoms with E-state index >= 15 is 0 Å². The monoisotopic (exact) mass is 281 g/mol. The molecule has 4 heteroatoms. The number of aryl methyl sites for hydroxylation is 1. The normalized spacial score (nSPS) is 14.3. The molecule has 3 rings (SSSR count). The number of rotatable bonds is 3. The third-order valence-corrected chi connectivity index (χ3v) is 3.99. The molecule has 0 aliphatic heterocycles. The number of nitrogens with one attached hydrogen (secondary N) is 1. The Morgan fingerprint density at radius 2 is 1.95 bits per heavy atom. The molecule has 0 saturated carbocycles. The summed E-state index contributed by atoms with van der Waals surface area (Å²) < 4.78 is 0. The standard InChI is InChI=1S/C17H19N3O/c1-11-8-9-18-15(12(11)2)10-17(3,21)16-19-13-6-4-5-7-14(13)20-16/h4-9,21H,10H2,1-3H3,(H,19,20). The van der Waals surface area contributed by atoms with Crippen molar-refractivity contribution in [3.63, 3.8) is 0 Å². The molecule has 0 aliphatic carbocycles. The molecule has 0 saturated heterocycles. The van der Waals surface area contributed by atoms with Crippen molar-refractivity contribution in [3.8, 4) is 0 Å². The first-order valence-corrected chi connectivity index (χ1v) is 7.06. The van der Waals surface area contributed by atoms with Crippen LogP contribution in [0.2, 0.25) is 0 Å². The molecular formula is C17H19N3O. The van der Waals surface area contributed by atoms with Crippen LogP contribution in [0, 0.1) is 13.8 Å². The van der Waals surface area contributed by atoms with Crippen molar-refractivity contribution in [1.82, 2.24) is 15.0 Å². The molecule has 2 N–H and O–H groups in total.